The fraction of sp³-hybridized carbons (Fsp3) is 0.636. The third-order valence-electron chi connectivity index (χ3n) is 4.08. The van der Waals surface area contributed by atoms with E-state index < -0.39 is 78.5 Å². The second-order valence-electron chi connectivity index (χ2n) is 6.35. The van der Waals surface area contributed by atoms with Gasteiger partial charge >= 0.3 is 29.2 Å². The SMILES string of the molecule is O=c1ccn(C2O[C@](CF)(COP(=O)(O)OP(=O)(O)OP(=O)(O)O)[C@@H](O)[C@@H]2CF)c(=O)[nH]1. The van der Waals surface area contributed by atoms with Crippen LogP contribution in [0, 0.1) is 5.92 Å². The van der Waals surface area contributed by atoms with Gasteiger partial charge in [0.25, 0.3) is 5.56 Å². The summed E-state index contributed by atoms with van der Waals surface area (Å²) in [5, 5.41) is 10.3. The lowest BCUT2D eigenvalue weighted by Gasteiger charge is -2.29. The molecule has 21 heteroatoms. The monoisotopic (exact) mass is 532 g/mol. The van der Waals surface area contributed by atoms with E-state index in [2.05, 4.69) is 13.1 Å². The Kier molecular flexibility index (Phi) is 8.15. The van der Waals surface area contributed by atoms with Gasteiger partial charge in [-0.3, -0.25) is 23.3 Å². The van der Waals surface area contributed by atoms with Gasteiger partial charge in [0.2, 0.25) is 0 Å². The van der Waals surface area contributed by atoms with E-state index in [-0.39, 0.29) is 0 Å². The van der Waals surface area contributed by atoms with Crippen LogP contribution in [0.4, 0.5) is 8.78 Å². The van der Waals surface area contributed by atoms with Gasteiger partial charge in [0, 0.05) is 12.3 Å². The Morgan fingerprint density at radius 1 is 1.12 bits per heavy atom. The lowest BCUT2D eigenvalue weighted by atomic mass is 9.92. The van der Waals surface area contributed by atoms with E-state index >= 15 is 0 Å². The van der Waals surface area contributed by atoms with Gasteiger partial charge in [0.05, 0.1) is 25.3 Å². The standard InChI is InChI=1S/C11H17F2N2O14P3/c12-3-6-8(17)11(4-13,27-9(6)15-2-1-7(16)14-10(15)18)5-26-31(22,23)29-32(24,25)28-30(19,20)21/h1-2,6,8-9,17H,3-5H2,(H,22,23)(H,24,25)(H,14,16,18)(H2,19,20,21)/t6-,8-,9?,11+/m0/s1. The normalized spacial score (nSPS) is 30.0. The summed E-state index contributed by atoms with van der Waals surface area (Å²) in [4.78, 5) is 60.5. The number of phosphoric acid groups is 3. The van der Waals surface area contributed by atoms with Gasteiger partial charge in [0.1, 0.15) is 18.5 Å². The molecule has 6 atom stereocenters. The fourth-order valence-electron chi connectivity index (χ4n) is 2.76. The number of phosphoric ester groups is 1. The molecule has 3 unspecified atom stereocenters. The molecule has 0 amide bonds. The van der Waals surface area contributed by atoms with E-state index in [9.17, 15) is 42.1 Å². The van der Waals surface area contributed by atoms with Crippen LogP contribution in [-0.4, -0.2) is 65.9 Å². The maximum atomic E-state index is 13.8. The molecule has 1 fully saturated rings. The first-order valence-corrected chi connectivity index (χ1v) is 12.6. The molecule has 0 aliphatic carbocycles. The summed E-state index contributed by atoms with van der Waals surface area (Å²) in [7, 11) is -17.2. The molecule has 1 aromatic rings. The number of aliphatic hydroxyl groups is 1. The van der Waals surface area contributed by atoms with Crippen molar-refractivity contribution in [1.82, 2.24) is 9.55 Å². The highest BCUT2D eigenvalue weighted by Gasteiger charge is 2.57. The Balaban J connectivity index is 2.26. The van der Waals surface area contributed by atoms with Crippen molar-refractivity contribution in [1.29, 1.82) is 0 Å². The van der Waals surface area contributed by atoms with Crippen LogP contribution in [0.2, 0.25) is 0 Å². The molecule has 2 rings (SSSR count). The van der Waals surface area contributed by atoms with E-state index in [1.807, 2.05) is 4.98 Å². The number of hydrogen-bond acceptors (Lipinski definition) is 10. The summed E-state index contributed by atoms with van der Waals surface area (Å²) >= 11 is 0. The van der Waals surface area contributed by atoms with E-state index in [1.165, 1.54) is 0 Å². The molecule has 0 spiro atoms. The highest BCUT2D eigenvalue weighted by atomic mass is 31.3. The first-order valence-electron chi connectivity index (χ1n) is 8.12. The molecule has 1 saturated heterocycles. The van der Waals surface area contributed by atoms with Crippen molar-refractivity contribution in [2.45, 2.75) is 17.9 Å². The third kappa shape index (κ3) is 6.47. The van der Waals surface area contributed by atoms with Gasteiger partial charge in [-0.1, -0.05) is 0 Å². The first-order chi connectivity index (χ1) is 14.5. The van der Waals surface area contributed by atoms with Crippen LogP contribution in [-0.2, 0) is 31.6 Å². The number of aromatic nitrogens is 2. The molecule has 16 nitrogen and oxygen atoms in total. The number of hydrogen-bond donors (Lipinski definition) is 6. The Hall–Kier alpha value is -1.13. The Morgan fingerprint density at radius 3 is 2.25 bits per heavy atom. The van der Waals surface area contributed by atoms with Crippen LogP contribution in [0.25, 0.3) is 0 Å². The smallest absolute Gasteiger partial charge is 0.389 e. The third-order valence-corrected chi connectivity index (χ3v) is 7.87. The van der Waals surface area contributed by atoms with E-state index in [1.54, 1.807) is 0 Å². The minimum absolute atomic E-state index is 0.608. The maximum absolute atomic E-state index is 13.8. The predicted molar refractivity (Wildman–Crippen MR) is 95.4 cm³/mol. The number of halogens is 2. The van der Waals surface area contributed by atoms with Crippen molar-refractivity contribution in [2.24, 2.45) is 5.92 Å². The highest BCUT2D eigenvalue weighted by Crippen LogP contribution is 2.66. The van der Waals surface area contributed by atoms with Crippen LogP contribution in [0.15, 0.2) is 21.9 Å². The lowest BCUT2D eigenvalue weighted by molar-refractivity contribution is -0.136. The van der Waals surface area contributed by atoms with Crippen molar-refractivity contribution in [2.75, 3.05) is 20.0 Å². The summed E-state index contributed by atoms with van der Waals surface area (Å²) < 4.78 is 78.2. The maximum Gasteiger partial charge on any atom is 0.490 e. The van der Waals surface area contributed by atoms with Crippen LogP contribution < -0.4 is 11.2 Å². The molecular formula is C11H17F2N2O14P3. The number of nitrogens with one attached hydrogen (secondary N) is 1. The second kappa shape index (κ2) is 9.62. The summed E-state index contributed by atoms with van der Waals surface area (Å²) in [5.41, 5.74) is -4.55. The Bertz CT molecular complexity index is 1090. The van der Waals surface area contributed by atoms with Crippen molar-refractivity contribution < 1.29 is 65.0 Å². The zero-order valence-electron chi connectivity index (χ0n) is 15.5. The van der Waals surface area contributed by atoms with Gasteiger partial charge in [-0.15, -0.1) is 0 Å². The number of ether oxygens (including phenoxy) is 1. The summed E-state index contributed by atoms with van der Waals surface area (Å²) in [5.74, 6) is -1.64. The van der Waals surface area contributed by atoms with E-state index in [0.29, 0.717) is 4.57 Å². The first kappa shape index (κ1) is 27.1. The molecule has 2 heterocycles. The fourth-order valence-corrected chi connectivity index (χ4v) is 5.83. The van der Waals surface area contributed by atoms with Crippen molar-refractivity contribution in [3.63, 3.8) is 0 Å². The molecule has 1 aliphatic heterocycles. The van der Waals surface area contributed by atoms with Crippen molar-refractivity contribution in [3.8, 4) is 0 Å². The number of rotatable bonds is 10. The van der Waals surface area contributed by atoms with Gasteiger partial charge in [-0.25, -0.2) is 22.9 Å². The van der Waals surface area contributed by atoms with Crippen molar-refractivity contribution >= 4 is 23.5 Å². The molecule has 0 bridgehead atoms. The van der Waals surface area contributed by atoms with Crippen LogP contribution in [0.5, 0.6) is 0 Å². The van der Waals surface area contributed by atoms with Gasteiger partial charge in [-0.2, -0.15) is 8.62 Å². The Labute approximate surface area is 175 Å². The summed E-state index contributed by atoms with van der Waals surface area (Å²) in [6.45, 7) is -4.52. The number of alkyl halides is 2. The molecule has 6 N–H and O–H groups in total. The van der Waals surface area contributed by atoms with E-state index in [0.717, 1.165) is 12.3 Å². The molecule has 0 radical (unpaired) electrons. The molecule has 0 saturated carbocycles. The molecule has 1 aliphatic rings. The Morgan fingerprint density at radius 2 is 1.75 bits per heavy atom. The molecular weight excluding hydrogens is 515 g/mol. The largest absolute Gasteiger partial charge is 0.490 e. The van der Waals surface area contributed by atoms with Crippen LogP contribution >= 0.6 is 23.5 Å². The number of H-pyrrole nitrogens is 1. The van der Waals surface area contributed by atoms with Crippen molar-refractivity contribution in [3.05, 3.63) is 33.1 Å². The summed E-state index contributed by atoms with van der Waals surface area (Å²) in [6.07, 6.45) is -2.98. The second-order valence-corrected chi connectivity index (χ2v) is 10.8. The molecule has 32 heavy (non-hydrogen) atoms. The van der Waals surface area contributed by atoms with Gasteiger partial charge in [-0.05, 0) is 0 Å². The summed E-state index contributed by atoms with van der Waals surface area (Å²) in [6, 6.07) is 0.841. The molecule has 1 aromatic heterocycles. The minimum atomic E-state index is -5.87. The van der Waals surface area contributed by atoms with Crippen LogP contribution in [0.3, 0.4) is 0 Å². The van der Waals surface area contributed by atoms with Crippen LogP contribution in [0.1, 0.15) is 6.23 Å². The predicted octanol–water partition coefficient (Wildman–Crippen LogP) is -0.936. The topological polar surface area (TPSA) is 244 Å². The van der Waals surface area contributed by atoms with Gasteiger partial charge in [0.15, 0.2) is 0 Å². The minimum Gasteiger partial charge on any atom is -0.389 e. The quantitative estimate of drug-likeness (QED) is 0.199. The average molecular weight is 532 g/mol. The number of aromatic amines is 1. The van der Waals surface area contributed by atoms with E-state index in [4.69, 9.17) is 19.4 Å². The zero-order chi connectivity index (χ0) is 24.5. The molecule has 0 aromatic carbocycles. The number of aliphatic hydroxyl groups excluding tert-OH is 1. The zero-order valence-corrected chi connectivity index (χ0v) is 18.1. The number of nitrogens with zero attached hydrogens (tertiary/aromatic N) is 1. The lowest BCUT2D eigenvalue weighted by Crippen LogP contribution is -2.47. The molecule has 184 valence electrons. The van der Waals surface area contributed by atoms with Gasteiger partial charge < -0.3 is 29.4 Å². The highest BCUT2D eigenvalue weighted by molar-refractivity contribution is 7.66. The average Bonchev–Trinajstić information content (AvgIpc) is 2.89.